The molecule has 0 radical (unpaired) electrons. The summed E-state index contributed by atoms with van der Waals surface area (Å²) in [5.74, 6) is 1.04. The minimum absolute atomic E-state index is 0.0659. The summed E-state index contributed by atoms with van der Waals surface area (Å²) in [5, 5.41) is 4.17. The number of hydrogen-bond donors (Lipinski definition) is 0. The van der Waals surface area contributed by atoms with Gasteiger partial charge in [0.05, 0.1) is 24.2 Å². The summed E-state index contributed by atoms with van der Waals surface area (Å²) in [4.78, 5) is 12.1. The molecular formula is C16H17ClN2O2. The number of aryl methyl sites for hydroxylation is 2. The molecule has 0 bridgehead atoms. The van der Waals surface area contributed by atoms with Crippen LogP contribution in [0.1, 0.15) is 27.2 Å². The second-order valence-corrected chi connectivity index (χ2v) is 4.97. The van der Waals surface area contributed by atoms with Gasteiger partial charge in [-0.25, -0.2) is 0 Å². The highest BCUT2D eigenvalue weighted by molar-refractivity contribution is 6.17. The fraction of sp³-hybridized carbons (Fsp3) is 0.250. The molecule has 0 atom stereocenters. The molecule has 0 aliphatic carbocycles. The lowest BCUT2D eigenvalue weighted by Crippen LogP contribution is -1.95. The van der Waals surface area contributed by atoms with Crippen LogP contribution in [0, 0.1) is 6.92 Å². The van der Waals surface area contributed by atoms with Gasteiger partial charge in [-0.15, -0.1) is 11.6 Å². The van der Waals surface area contributed by atoms with Gasteiger partial charge in [-0.2, -0.15) is 5.10 Å². The number of ketones is 1. The predicted octanol–water partition coefficient (Wildman–Crippen LogP) is 3.37. The van der Waals surface area contributed by atoms with Crippen molar-refractivity contribution in [3.8, 4) is 5.75 Å². The highest BCUT2D eigenvalue weighted by Gasteiger charge is 2.09. The number of aromatic nitrogens is 2. The van der Waals surface area contributed by atoms with Crippen molar-refractivity contribution in [2.24, 2.45) is 7.05 Å². The maximum atomic E-state index is 12.1. The zero-order valence-corrected chi connectivity index (χ0v) is 13.0. The number of carbonyl (C=O) groups is 1. The molecule has 1 aromatic carbocycles. The average Bonchev–Trinajstić information content (AvgIpc) is 2.83. The minimum Gasteiger partial charge on any atom is -0.496 e. The molecule has 0 aliphatic rings. The molecular weight excluding hydrogens is 288 g/mol. The van der Waals surface area contributed by atoms with Crippen molar-refractivity contribution in [1.82, 2.24) is 9.78 Å². The first-order valence-corrected chi connectivity index (χ1v) is 7.04. The molecule has 4 nitrogen and oxygen atoms in total. The highest BCUT2D eigenvalue weighted by Crippen LogP contribution is 2.22. The lowest BCUT2D eigenvalue weighted by Gasteiger charge is -2.06. The fourth-order valence-electron chi connectivity index (χ4n) is 2.11. The summed E-state index contributed by atoms with van der Waals surface area (Å²) < 4.78 is 6.85. The van der Waals surface area contributed by atoms with Gasteiger partial charge >= 0.3 is 0 Å². The van der Waals surface area contributed by atoms with Crippen LogP contribution in [0.3, 0.4) is 0 Å². The zero-order valence-electron chi connectivity index (χ0n) is 12.3. The number of hydrogen-bond acceptors (Lipinski definition) is 3. The van der Waals surface area contributed by atoms with E-state index in [4.69, 9.17) is 16.3 Å². The van der Waals surface area contributed by atoms with Crippen LogP contribution in [0.5, 0.6) is 5.75 Å². The van der Waals surface area contributed by atoms with Crippen molar-refractivity contribution in [3.63, 3.8) is 0 Å². The summed E-state index contributed by atoms with van der Waals surface area (Å²) in [6, 6.07) is 5.64. The third-order valence-electron chi connectivity index (χ3n) is 3.15. The Balaban J connectivity index is 2.21. The van der Waals surface area contributed by atoms with Gasteiger partial charge < -0.3 is 4.74 Å². The van der Waals surface area contributed by atoms with E-state index < -0.39 is 0 Å². The summed E-state index contributed by atoms with van der Waals surface area (Å²) in [6.07, 6.45) is 5.04. The first kappa shape index (κ1) is 15.3. The summed E-state index contributed by atoms with van der Waals surface area (Å²) in [6.45, 7) is 1.82. The molecule has 0 N–H and O–H groups in total. The predicted molar refractivity (Wildman–Crippen MR) is 83.9 cm³/mol. The van der Waals surface area contributed by atoms with Crippen LogP contribution in [0.15, 0.2) is 30.5 Å². The number of allylic oxidation sites excluding steroid dienone is 1. The second-order valence-electron chi connectivity index (χ2n) is 4.70. The molecule has 0 spiro atoms. The van der Waals surface area contributed by atoms with Crippen LogP contribution >= 0.6 is 11.6 Å². The smallest absolute Gasteiger partial charge is 0.189 e. The molecule has 110 valence electrons. The number of alkyl halides is 1. The van der Waals surface area contributed by atoms with E-state index in [9.17, 15) is 4.79 Å². The number of rotatable bonds is 5. The molecule has 0 fully saturated rings. The van der Waals surface area contributed by atoms with Gasteiger partial charge in [0.2, 0.25) is 0 Å². The number of halogens is 1. The minimum atomic E-state index is -0.0659. The van der Waals surface area contributed by atoms with E-state index in [0.717, 1.165) is 22.6 Å². The molecule has 0 aliphatic heterocycles. The Kier molecular flexibility index (Phi) is 4.81. The molecule has 21 heavy (non-hydrogen) atoms. The van der Waals surface area contributed by atoms with Crippen LogP contribution in [0.4, 0.5) is 0 Å². The Hall–Kier alpha value is -2.07. The molecule has 0 saturated heterocycles. The first-order chi connectivity index (χ1) is 10.0. The molecule has 5 heteroatoms. The molecule has 2 aromatic rings. The van der Waals surface area contributed by atoms with Crippen molar-refractivity contribution >= 4 is 23.5 Å². The van der Waals surface area contributed by atoms with Crippen molar-refractivity contribution in [2.45, 2.75) is 12.8 Å². The molecule has 0 unspecified atom stereocenters. The first-order valence-electron chi connectivity index (χ1n) is 6.50. The van der Waals surface area contributed by atoms with Crippen LogP contribution in [0.2, 0.25) is 0 Å². The fourth-order valence-corrected chi connectivity index (χ4v) is 2.32. The van der Waals surface area contributed by atoms with E-state index in [1.807, 2.05) is 25.1 Å². The number of nitrogens with zero attached hydrogens (tertiary/aromatic N) is 2. The van der Waals surface area contributed by atoms with Gasteiger partial charge in [-0.1, -0.05) is 12.1 Å². The largest absolute Gasteiger partial charge is 0.496 e. The van der Waals surface area contributed by atoms with Crippen molar-refractivity contribution < 1.29 is 9.53 Å². The number of benzene rings is 1. The monoisotopic (exact) mass is 304 g/mol. The maximum Gasteiger partial charge on any atom is 0.189 e. The van der Waals surface area contributed by atoms with Crippen molar-refractivity contribution in [2.75, 3.05) is 7.11 Å². The van der Waals surface area contributed by atoms with Crippen molar-refractivity contribution in [3.05, 3.63) is 52.9 Å². The average molecular weight is 305 g/mol. The number of ether oxygens (including phenoxy) is 1. The highest BCUT2D eigenvalue weighted by atomic mass is 35.5. The van der Waals surface area contributed by atoms with Crippen LogP contribution in [-0.4, -0.2) is 22.7 Å². The lowest BCUT2D eigenvalue weighted by molar-refractivity contribution is 0.104. The van der Waals surface area contributed by atoms with E-state index in [-0.39, 0.29) is 5.78 Å². The van der Waals surface area contributed by atoms with E-state index in [1.54, 1.807) is 37.2 Å². The second kappa shape index (κ2) is 6.59. The normalized spacial score (nSPS) is 11.0. The Morgan fingerprint density at radius 1 is 1.48 bits per heavy atom. The Bertz CT molecular complexity index is 690. The Morgan fingerprint density at radius 3 is 2.81 bits per heavy atom. The summed E-state index contributed by atoms with van der Waals surface area (Å²) in [7, 11) is 3.40. The zero-order chi connectivity index (χ0) is 15.4. The van der Waals surface area contributed by atoms with E-state index in [0.29, 0.717) is 11.4 Å². The summed E-state index contributed by atoms with van der Waals surface area (Å²) >= 11 is 5.88. The van der Waals surface area contributed by atoms with Crippen LogP contribution in [0.25, 0.3) is 6.08 Å². The van der Waals surface area contributed by atoms with Crippen LogP contribution < -0.4 is 4.74 Å². The van der Waals surface area contributed by atoms with Gasteiger partial charge in [0.1, 0.15) is 5.75 Å². The molecule has 1 heterocycles. The van der Waals surface area contributed by atoms with Crippen LogP contribution in [-0.2, 0) is 12.9 Å². The number of methoxy groups -OCH3 is 1. The third-order valence-corrected chi connectivity index (χ3v) is 3.44. The summed E-state index contributed by atoms with van der Waals surface area (Å²) in [5.41, 5.74) is 3.14. The molecule has 2 rings (SSSR count). The SMILES string of the molecule is COc1ccc(/C=C/C(=O)c2cn(C)nc2C)cc1CCl. The number of carbonyl (C=O) groups excluding carboxylic acids is 1. The third kappa shape index (κ3) is 3.52. The Labute approximate surface area is 129 Å². The Morgan fingerprint density at radius 2 is 2.24 bits per heavy atom. The van der Waals surface area contributed by atoms with Crippen molar-refractivity contribution in [1.29, 1.82) is 0 Å². The quantitative estimate of drug-likeness (QED) is 0.483. The molecule has 0 amide bonds. The van der Waals surface area contributed by atoms with E-state index >= 15 is 0 Å². The van der Waals surface area contributed by atoms with E-state index in [1.165, 1.54) is 0 Å². The standard InChI is InChI=1S/C16H17ClN2O2/c1-11-14(10-19(2)18-11)15(20)6-4-12-5-7-16(21-3)13(8-12)9-17/h4-8,10H,9H2,1-3H3/b6-4+. The van der Waals surface area contributed by atoms with Gasteiger partial charge in [-0.05, 0) is 30.7 Å². The van der Waals surface area contributed by atoms with Gasteiger partial charge in [-0.3, -0.25) is 9.48 Å². The maximum absolute atomic E-state index is 12.1. The lowest BCUT2D eigenvalue weighted by atomic mass is 10.1. The van der Waals surface area contributed by atoms with Gasteiger partial charge in [0, 0.05) is 18.8 Å². The molecule has 1 aromatic heterocycles. The topological polar surface area (TPSA) is 44.1 Å². The molecule has 0 saturated carbocycles. The van der Waals surface area contributed by atoms with Gasteiger partial charge in [0.25, 0.3) is 0 Å². The van der Waals surface area contributed by atoms with Gasteiger partial charge in [0.15, 0.2) is 5.78 Å². The van der Waals surface area contributed by atoms with E-state index in [2.05, 4.69) is 5.10 Å².